The van der Waals surface area contributed by atoms with Gasteiger partial charge in [-0.15, -0.1) is 5.10 Å². The second kappa shape index (κ2) is 23.3. The van der Waals surface area contributed by atoms with E-state index in [1.54, 1.807) is 43.1 Å². The van der Waals surface area contributed by atoms with Crippen LogP contribution in [0.3, 0.4) is 0 Å². The first kappa shape index (κ1) is 41.2. The molecule has 1 aliphatic rings. The number of carboxylic acids is 1. The molecule has 0 bridgehead atoms. The third-order valence-corrected chi connectivity index (χ3v) is 7.91. The van der Waals surface area contributed by atoms with Gasteiger partial charge in [-0.2, -0.15) is 0 Å². The molecule has 0 saturated carbocycles. The molecule has 280 valence electrons. The van der Waals surface area contributed by atoms with E-state index in [1.165, 1.54) is 0 Å². The molecule has 1 atom stereocenters. The average molecular weight is 712 g/mol. The second-order valence-corrected chi connectivity index (χ2v) is 12.3. The molecule has 2 heterocycles. The van der Waals surface area contributed by atoms with Crippen molar-refractivity contribution in [2.45, 2.75) is 59.2 Å². The summed E-state index contributed by atoms with van der Waals surface area (Å²) >= 11 is 0. The van der Waals surface area contributed by atoms with E-state index in [2.05, 4.69) is 29.5 Å². The topological polar surface area (TPSA) is 164 Å². The Balaban J connectivity index is 0.000000291. The Morgan fingerprint density at radius 3 is 2.00 bits per heavy atom. The molecular formula is C37H53N5O9. The molecule has 0 fully saturated rings. The number of carboxylic acid groups (broad SMARTS) is 1. The summed E-state index contributed by atoms with van der Waals surface area (Å²) in [5.41, 5.74) is 4.11. The van der Waals surface area contributed by atoms with E-state index in [1.807, 2.05) is 35.1 Å². The standard InChI is InChI=1S/C20H38N4O6.C17H15NO3/c1-18(2)4-6-24-16-19(22-23-24)17-30-15-14-29-13-12-28-11-10-27-9-8-26-7-5-20(25)21-3;1-11(17(20)21)12-6-8-14(9-7-12)18-10-13-4-2-3-5-15(13)16(18)19/h16,18H,4-15,17H2,1-3H3,(H,21,25);2-9,11H,10H2,1H3,(H,20,21). The van der Waals surface area contributed by atoms with E-state index < -0.39 is 11.9 Å². The van der Waals surface area contributed by atoms with E-state index in [0.717, 1.165) is 41.0 Å². The zero-order valence-corrected chi connectivity index (χ0v) is 30.3. The van der Waals surface area contributed by atoms with Crippen molar-refractivity contribution in [2.75, 3.05) is 71.4 Å². The van der Waals surface area contributed by atoms with Crippen LogP contribution in [0.4, 0.5) is 5.69 Å². The molecule has 14 heteroatoms. The zero-order chi connectivity index (χ0) is 36.8. The second-order valence-electron chi connectivity index (χ2n) is 12.3. The van der Waals surface area contributed by atoms with Gasteiger partial charge in [0.15, 0.2) is 0 Å². The number of aliphatic carboxylic acids is 1. The van der Waals surface area contributed by atoms with E-state index in [4.69, 9.17) is 28.8 Å². The van der Waals surface area contributed by atoms with E-state index in [-0.39, 0.29) is 11.8 Å². The van der Waals surface area contributed by atoms with Crippen LogP contribution in [0.1, 0.15) is 66.7 Å². The third-order valence-electron chi connectivity index (χ3n) is 7.91. The van der Waals surface area contributed by atoms with Gasteiger partial charge in [-0.25, -0.2) is 0 Å². The molecule has 0 spiro atoms. The SMILES string of the molecule is CC(C(=O)O)c1ccc(N2Cc3ccccc3C2=O)cc1.CNC(=O)CCOCCOCCOCCOCCOCc1cn(CCC(C)C)nn1. The maximum Gasteiger partial charge on any atom is 0.310 e. The number of carbonyl (C=O) groups excluding carboxylic acids is 2. The van der Waals surface area contributed by atoms with E-state index in [9.17, 15) is 14.4 Å². The number of fused-ring (bicyclic) bond motifs is 1. The van der Waals surface area contributed by atoms with Crippen LogP contribution >= 0.6 is 0 Å². The van der Waals surface area contributed by atoms with Crippen LogP contribution in [0, 0.1) is 5.92 Å². The Hall–Kier alpha value is -4.21. The fraction of sp³-hybridized carbons (Fsp3) is 0.541. The summed E-state index contributed by atoms with van der Waals surface area (Å²) in [6, 6.07) is 14.7. The van der Waals surface area contributed by atoms with Crippen molar-refractivity contribution in [3.63, 3.8) is 0 Å². The van der Waals surface area contributed by atoms with Gasteiger partial charge in [0.05, 0.1) is 84.7 Å². The van der Waals surface area contributed by atoms with Gasteiger partial charge in [0.25, 0.3) is 5.91 Å². The molecular weight excluding hydrogens is 658 g/mol. The Kier molecular flexibility index (Phi) is 18.8. The Morgan fingerprint density at radius 1 is 0.843 bits per heavy atom. The number of nitrogens with zero attached hydrogens (tertiary/aromatic N) is 4. The van der Waals surface area contributed by atoms with Gasteiger partial charge in [0.2, 0.25) is 5.91 Å². The average Bonchev–Trinajstić information content (AvgIpc) is 3.74. The van der Waals surface area contributed by atoms with Gasteiger partial charge in [0, 0.05) is 31.3 Å². The van der Waals surface area contributed by atoms with Crippen molar-refractivity contribution in [3.8, 4) is 0 Å². The molecule has 1 aromatic heterocycles. The molecule has 14 nitrogen and oxygen atoms in total. The minimum absolute atomic E-state index is 0.00960. The van der Waals surface area contributed by atoms with E-state index >= 15 is 0 Å². The summed E-state index contributed by atoms with van der Waals surface area (Å²) < 4.78 is 28.9. The van der Waals surface area contributed by atoms with Gasteiger partial charge in [0.1, 0.15) is 5.69 Å². The number of benzene rings is 2. The summed E-state index contributed by atoms with van der Waals surface area (Å²) in [6.07, 6.45) is 3.38. The predicted octanol–water partition coefficient (Wildman–Crippen LogP) is 4.08. The summed E-state index contributed by atoms with van der Waals surface area (Å²) in [5, 5.41) is 19.7. The molecule has 0 saturated heterocycles. The fourth-order valence-electron chi connectivity index (χ4n) is 4.80. The maximum atomic E-state index is 12.4. The van der Waals surface area contributed by atoms with Gasteiger partial charge in [-0.05, 0) is 48.6 Å². The number of hydrogen-bond acceptors (Lipinski definition) is 10. The van der Waals surface area contributed by atoms with Crippen molar-refractivity contribution in [1.29, 1.82) is 0 Å². The minimum atomic E-state index is -0.854. The van der Waals surface area contributed by atoms with Crippen molar-refractivity contribution < 1.29 is 43.2 Å². The van der Waals surface area contributed by atoms with Gasteiger partial charge < -0.3 is 39.0 Å². The molecule has 51 heavy (non-hydrogen) atoms. The summed E-state index contributed by atoms with van der Waals surface area (Å²) in [5.74, 6) is -0.795. The number of nitrogens with one attached hydrogen (secondary N) is 1. The Morgan fingerprint density at radius 2 is 1.43 bits per heavy atom. The molecule has 1 unspecified atom stereocenters. The lowest BCUT2D eigenvalue weighted by atomic mass is 10.0. The zero-order valence-electron chi connectivity index (χ0n) is 30.3. The van der Waals surface area contributed by atoms with E-state index in [0.29, 0.717) is 85.0 Å². The lowest BCUT2D eigenvalue weighted by molar-refractivity contribution is -0.138. The molecule has 2 aromatic carbocycles. The van der Waals surface area contributed by atoms with Crippen LogP contribution in [0.5, 0.6) is 0 Å². The third kappa shape index (κ3) is 15.3. The molecule has 4 rings (SSSR count). The lowest BCUT2D eigenvalue weighted by Crippen LogP contribution is -2.23. The summed E-state index contributed by atoms with van der Waals surface area (Å²) in [6.45, 7) is 12.3. The van der Waals surface area contributed by atoms with Crippen molar-refractivity contribution >= 4 is 23.5 Å². The Bertz CT molecular complexity index is 1460. The predicted molar refractivity (Wildman–Crippen MR) is 191 cm³/mol. The number of aromatic nitrogens is 3. The highest BCUT2D eigenvalue weighted by atomic mass is 16.6. The number of anilines is 1. The van der Waals surface area contributed by atoms with Crippen LogP contribution in [-0.2, 0) is 53.0 Å². The maximum absolute atomic E-state index is 12.4. The summed E-state index contributed by atoms with van der Waals surface area (Å²) in [4.78, 5) is 36.0. The summed E-state index contributed by atoms with van der Waals surface area (Å²) in [7, 11) is 1.61. The first-order chi connectivity index (χ1) is 24.7. The Labute approximate surface area is 300 Å². The molecule has 0 radical (unpaired) electrons. The van der Waals surface area contributed by atoms with Crippen LogP contribution in [0.2, 0.25) is 0 Å². The van der Waals surface area contributed by atoms with Crippen molar-refractivity contribution in [1.82, 2.24) is 20.3 Å². The van der Waals surface area contributed by atoms with Gasteiger partial charge >= 0.3 is 5.97 Å². The number of carbonyl (C=O) groups is 3. The highest BCUT2D eigenvalue weighted by Gasteiger charge is 2.28. The number of aryl methyl sites for hydroxylation is 1. The highest BCUT2D eigenvalue weighted by Crippen LogP contribution is 2.29. The monoisotopic (exact) mass is 711 g/mol. The molecule has 2 amide bonds. The van der Waals surface area contributed by atoms with Crippen LogP contribution in [0.25, 0.3) is 0 Å². The number of hydrogen-bond donors (Lipinski definition) is 2. The number of rotatable bonds is 23. The van der Waals surface area contributed by atoms with Crippen LogP contribution in [0.15, 0.2) is 54.7 Å². The highest BCUT2D eigenvalue weighted by molar-refractivity contribution is 6.10. The molecule has 2 N–H and O–H groups in total. The molecule has 0 aliphatic carbocycles. The number of amides is 2. The molecule has 3 aromatic rings. The number of ether oxygens (including phenoxy) is 5. The minimum Gasteiger partial charge on any atom is -0.481 e. The first-order valence-corrected chi connectivity index (χ1v) is 17.4. The normalized spacial score (nSPS) is 12.8. The van der Waals surface area contributed by atoms with Crippen molar-refractivity contribution in [3.05, 3.63) is 77.1 Å². The van der Waals surface area contributed by atoms with Crippen molar-refractivity contribution in [2.24, 2.45) is 5.92 Å². The lowest BCUT2D eigenvalue weighted by Gasteiger charge is -2.16. The molecule has 1 aliphatic heterocycles. The fourth-order valence-corrected chi connectivity index (χ4v) is 4.80. The van der Waals surface area contributed by atoms with Crippen LogP contribution < -0.4 is 10.2 Å². The quantitative estimate of drug-likeness (QED) is 0.136. The van der Waals surface area contributed by atoms with Gasteiger partial charge in [-0.1, -0.05) is 49.4 Å². The van der Waals surface area contributed by atoms with Crippen LogP contribution in [-0.4, -0.2) is 104 Å². The first-order valence-electron chi connectivity index (χ1n) is 17.4. The van der Waals surface area contributed by atoms with Gasteiger partial charge in [-0.3, -0.25) is 19.1 Å². The largest absolute Gasteiger partial charge is 0.481 e. The smallest absolute Gasteiger partial charge is 0.310 e.